The van der Waals surface area contributed by atoms with E-state index in [9.17, 15) is 31.2 Å². The molecule has 0 heterocycles. The third kappa shape index (κ3) is 8.56. The Hall–Kier alpha value is -1.52. The first-order valence-electron chi connectivity index (χ1n) is 5.31. The number of sulfone groups is 1. The summed E-state index contributed by atoms with van der Waals surface area (Å²) in [4.78, 5) is 22.4. The molecular weight excluding hydrogens is 305 g/mol. The van der Waals surface area contributed by atoms with Crippen molar-refractivity contribution in [1.29, 1.82) is 0 Å². The standard InChI is InChI=1S/C9H15F3N2O5S/c1-14(5-9(10,11)12)8(17)13-6(7(15)16)3-4-20(2,18)19/h6H,3-5H2,1-2H3,(H,13,17)(H,15,16). The maximum Gasteiger partial charge on any atom is 0.406 e. The highest BCUT2D eigenvalue weighted by atomic mass is 32.2. The molecule has 0 radical (unpaired) electrons. The van der Waals surface area contributed by atoms with Crippen LogP contribution in [0, 0.1) is 0 Å². The van der Waals surface area contributed by atoms with Crippen molar-refractivity contribution in [3.63, 3.8) is 0 Å². The lowest BCUT2D eigenvalue weighted by Gasteiger charge is -2.22. The smallest absolute Gasteiger partial charge is 0.406 e. The molecule has 2 amide bonds. The molecular formula is C9H15F3N2O5S. The second kappa shape index (κ2) is 6.77. The Balaban J connectivity index is 4.60. The lowest BCUT2D eigenvalue weighted by Crippen LogP contribution is -2.49. The second-order valence-corrected chi connectivity index (χ2v) is 6.49. The minimum Gasteiger partial charge on any atom is -0.480 e. The fraction of sp³-hybridized carbons (Fsp3) is 0.778. The molecule has 0 fully saturated rings. The van der Waals surface area contributed by atoms with Gasteiger partial charge in [0.2, 0.25) is 0 Å². The van der Waals surface area contributed by atoms with E-state index in [0.717, 1.165) is 13.3 Å². The lowest BCUT2D eigenvalue weighted by atomic mass is 10.2. The van der Waals surface area contributed by atoms with Crippen LogP contribution in [0.1, 0.15) is 6.42 Å². The van der Waals surface area contributed by atoms with E-state index in [1.807, 2.05) is 5.32 Å². The van der Waals surface area contributed by atoms with Gasteiger partial charge in [-0.1, -0.05) is 0 Å². The van der Waals surface area contributed by atoms with Gasteiger partial charge in [0.1, 0.15) is 22.4 Å². The number of amides is 2. The Kier molecular flexibility index (Phi) is 6.26. The van der Waals surface area contributed by atoms with Gasteiger partial charge >= 0.3 is 18.2 Å². The molecule has 11 heteroatoms. The van der Waals surface area contributed by atoms with E-state index in [4.69, 9.17) is 5.11 Å². The lowest BCUT2D eigenvalue weighted by molar-refractivity contribution is -0.139. The number of rotatable bonds is 6. The van der Waals surface area contributed by atoms with E-state index in [1.165, 1.54) is 0 Å². The van der Waals surface area contributed by atoms with E-state index >= 15 is 0 Å². The van der Waals surface area contributed by atoms with Crippen LogP contribution in [0.3, 0.4) is 0 Å². The van der Waals surface area contributed by atoms with Crippen molar-refractivity contribution in [3.8, 4) is 0 Å². The fourth-order valence-corrected chi connectivity index (χ4v) is 1.85. The summed E-state index contributed by atoms with van der Waals surface area (Å²) >= 11 is 0. The van der Waals surface area contributed by atoms with E-state index < -0.39 is 52.8 Å². The van der Waals surface area contributed by atoms with Crippen LogP contribution in [-0.4, -0.2) is 68.2 Å². The average Bonchev–Trinajstić information content (AvgIpc) is 2.19. The maximum atomic E-state index is 12.0. The predicted molar refractivity (Wildman–Crippen MR) is 63.0 cm³/mol. The SMILES string of the molecule is CN(CC(F)(F)F)C(=O)NC(CCS(C)(=O)=O)C(=O)O. The van der Waals surface area contributed by atoms with E-state index in [0.29, 0.717) is 0 Å². The summed E-state index contributed by atoms with van der Waals surface area (Å²) in [7, 11) is -2.60. The first kappa shape index (κ1) is 18.5. The van der Waals surface area contributed by atoms with Crippen molar-refractivity contribution >= 4 is 21.8 Å². The van der Waals surface area contributed by atoms with Crippen molar-refractivity contribution in [2.75, 3.05) is 25.6 Å². The fourth-order valence-electron chi connectivity index (χ4n) is 1.19. The zero-order valence-electron chi connectivity index (χ0n) is 10.8. The van der Waals surface area contributed by atoms with Crippen LogP contribution in [0.4, 0.5) is 18.0 Å². The van der Waals surface area contributed by atoms with Crippen molar-refractivity contribution in [3.05, 3.63) is 0 Å². The number of urea groups is 1. The van der Waals surface area contributed by atoms with Crippen LogP contribution in [0.15, 0.2) is 0 Å². The van der Waals surface area contributed by atoms with Gasteiger partial charge in [0.25, 0.3) is 0 Å². The Labute approximate surface area is 113 Å². The van der Waals surface area contributed by atoms with E-state index in [-0.39, 0.29) is 4.90 Å². The summed E-state index contributed by atoms with van der Waals surface area (Å²) in [6, 6.07) is -2.82. The molecule has 1 atom stereocenters. The van der Waals surface area contributed by atoms with Crippen molar-refractivity contribution in [2.45, 2.75) is 18.6 Å². The first-order chi connectivity index (χ1) is 8.82. The van der Waals surface area contributed by atoms with Crippen molar-refractivity contribution in [2.24, 2.45) is 0 Å². The summed E-state index contributed by atoms with van der Waals surface area (Å²) in [6.45, 7) is -1.54. The normalized spacial score (nSPS) is 13.7. The summed E-state index contributed by atoms with van der Waals surface area (Å²) in [5, 5.41) is 10.6. The van der Waals surface area contributed by atoms with Gasteiger partial charge in [0, 0.05) is 13.3 Å². The number of alkyl halides is 3. The van der Waals surface area contributed by atoms with Gasteiger partial charge in [-0.2, -0.15) is 13.2 Å². The summed E-state index contributed by atoms with van der Waals surface area (Å²) < 4.78 is 57.9. The average molecular weight is 320 g/mol. The monoisotopic (exact) mass is 320 g/mol. The highest BCUT2D eigenvalue weighted by molar-refractivity contribution is 7.90. The van der Waals surface area contributed by atoms with E-state index in [2.05, 4.69) is 0 Å². The summed E-state index contributed by atoms with van der Waals surface area (Å²) in [6.07, 6.45) is -4.17. The zero-order valence-corrected chi connectivity index (χ0v) is 11.6. The number of aliphatic carboxylic acids is 1. The molecule has 20 heavy (non-hydrogen) atoms. The number of hydrogen-bond donors (Lipinski definition) is 2. The largest absolute Gasteiger partial charge is 0.480 e. The van der Waals surface area contributed by atoms with E-state index in [1.54, 1.807) is 0 Å². The molecule has 0 aromatic heterocycles. The highest BCUT2D eigenvalue weighted by Crippen LogP contribution is 2.15. The minimum atomic E-state index is -4.61. The number of carbonyl (C=O) groups is 2. The predicted octanol–water partition coefficient (Wildman–Crippen LogP) is 0.0780. The van der Waals surface area contributed by atoms with Gasteiger partial charge in [0.15, 0.2) is 0 Å². The van der Waals surface area contributed by atoms with Gasteiger partial charge in [-0.3, -0.25) is 0 Å². The number of carboxylic acids is 1. The maximum absolute atomic E-state index is 12.0. The first-order valence-corrected chi connectivity index (χ1v) is 7.37. The number of carboxylic acid groups (broad SMARTS) is 1. The summed E-state index contributed by atoms with van der Waals surface area (Å²) in [5.41, 5.74) is 0. The van der Waals surface area contributed by atoms with Crippen molar-refractivity contribution < 1.29 is 36.3 Å². The van der Waals surface area contributed by atoms with Gasteiger partial charge in [-0.25, -0.2) is 18.0 Å². The highest BCUT2D eigenvalue weighted by Gasteiger charge is 2.32. The molecule has 0 aliphatic heterocycles. The molecule has 0 aromatic carbocycles. The summed E-state index contributed by atoms with van der Waals surface area (Å²) in [5.74, 6) is -2.03. The molecule has 0 saturated carbocycles. The molecule has 0 aliphatic rings. The molecule has 0 bridgehead atoms. The third-order valence-electron chi connectivity index (χ3n) is 2.14. The van der Waals surface area contributed by atoms with Crippen LogP contribution in [0.2, 0.25) is 0 Å². The van der Waals surface area contributed by atoms with Crippen LogP contribution >= 0.6 is 0 Å². The second-order valence-electron chi connectivity index (χ2n) is 4.23. The van der Waals surface area contributed by atoms with Gasteiger partial charge < -0.3 is 15.3 Å². The van der Waals surface area contributed by atoms with Crippen LogP contribution in [0.5, 0.6) is 0 Å². The number of nitrogens with one attached hydrogen (secondary N) is 1. The van der Waals surface area contributed by atoms with Gasteiger partial charge in [0.05, 0.1) is 5.75 Å². The molecule has 1 unspecified atom stereocenters. The molecule has 2 N–H and O–H groups in total. The Morgan fingerprint density at radius 1 is 1.35 bits per heavy atom. The quantitative estimate of drug-likeness (QED) is 0.721. The Morgan fingerprint density at radius 3 is 2.20 bits per heavy atom. The molecule has 0 saturated heterocycles. The molecule has 7 nitrogen and oxygen atoms in total. The Bertz CT molecular complexity index is 463. The van der Waals surface area contributed by atoms with Crippen LogP contribution in [-0.2, 0) is 14.6 Å². The molecule has 118 valence electrons. The zero-order chi connectivity index (χ0) is 16.1. The van der Waals surface area contributed by atoms with Crippen molar-refractivity contribution in [1.82, 2.24) is 10.2 Å². The van der Waals surface area contributed by atoms with Gasteiger partial charge in [-0.15, -0.1) is 0 Å². The molecule has 0 spiro atoms. The minimum absolute atomic E-state index is 0.260. The topological polar surface area (TPSA) is 104 Å². The Morgan fingerprint density at radius 2 is 1.85 bits per heavy atom. The molecule has 0 rings (SSSR count). The van der Waals surface area contributed by atoms with Crippen LogP contribution in [0.25, 0.3) is 0 Å². The number of hydrogen-bond acceptors (Lipinski definition) is 4. The number of halogens is 3. The number of nitrogens with zero attached hydrogens (tertiary/aromatic N) is 1. The van der Waals surface area contributed by atoms with Crippen LogP contribution < -0.4 is 5.32 Å². The van der Waals surface area contributed by atoms with Gasteiger partial charge in [-0.05, 0) is 6.42 Å². The molecule has 0 aromatic rings. The number of carbonyl (C=O) groups excluding carboxylic acids is 1. The molecule has 0 aliphatic carbocycles. The third-order valence-corrected chi connectivity index (χ3v) is 3.11.